The molecule has 6 nitrogen and oxygen atoms in total. The molecule has 7 heteroatoms. The van der Waals surface area contributed by atoms with E-state index < -0.39 is 10.0 Å². The van der Waals surface area contributed by atoms with Crippen molar-refractivity contribution < 1.29 is 17.9 Å². The number of sulfonamides is 1. The van der Waals surface area contributed by atoms with Crippen molar-refractivity contribution in [1.29, 1.82) is 0 Å². The second-order valence-electron chi connectivity index (χ2n) is 6.59. The van der Waals surface area contributed by atoms with Crippen molar-refractivity contribution in [1.82, 2.24) is 0 Å². The van der Waals surface area contributed by atoms with Crippen LogP contribution < -0.4 is 13.8 Å². The van der Waals surface area contributed by atoms with E-state index >= 15 is 0 Å². The Kier molecular flexibility index (Phi) is 6.42. The molecule has 0 saturated carbocycles. The molecule has 0 aliphatic heterocycles. The monoisotopic (exact) mass is 424 g/mol. The van der Waals surface area contributed by atoms with Gasteiger partial charge in [-0.05, 0) is 50.2 Å². The number of benzene rings is 3. The average molecular weight is 425 g/mol. The fourth-order valence-corrected chi connectivity index (χ4v) is 4.52. The third kappa shape index (κ3) is 4.31. The van der Waals surface area contributed by atoms with E-state index in [1.807, 2.05) is 19.1 Å². The molecule has 0 heterocycles. The Balaban J connectivity index is 2.22. The topological polar surface area (TPSA) is 68.2 Å². The highest BCUT2D eigenvalue weighted by Gasteiger charge is 2.30. The minimum absolute atomic E-state index is 0.161. The molecule has 0 saturated heterocycles. The number of nitrogens with zero attached hydrogens (tertiary/aromatic N) is 2. The van der Waals surface area contributed by atoms with E-state index in [1.165, 1.54) is 11.4 Å². The number of para-hydroxylation sites is 4. The van der Waals surface area contributed by atoms with Crippen LogP contribution in [0.25, 0.3) is 0 Å². The van der Waals surface area contributed by atoms with Crippen LogP contribution in [0.2, 0.25) is 0 Å². The number of rotatable bonds is 6. The van der Waals surface area contributed by atoms with E-state index in [4.69, 9.17) is 9.47 Å². The molecule has 156 valence electrons. The number of aliphatic imine (C=N–C) groups is 1. The van der Waals surface area contributed by atoms with Gasteiger partial charge in [-0.25, -0.2) is 17.7 Å². The molecule has 0 spiro atoms. The molecule has 30 heavy (non-hydrogen) atoms. The summed E-state index contributed by atoms with van der Waals surface area (Å²) >= 11 is 0. The molecule has 0 bridgehead atoms. The molecule has 0 aliphatic carbocycles. The van der Waals surface area contributed by atoms with Crippen molar-refractivity contribution in [2.45, 2.75) is 18.7 Å². The summed E-state index contributed by atoms with van der Waals surface area (Å²) in [5, 5.41) is 0. The number of hydrogen-bond acceptors (Lipinski definition) is 5. The molecule has 3 aromatic rings. The zero-order chi connectivity index (χ0) is 21.7. The maximum absolute atomic E-state index is 13.7. The number of methoxy groups -OCH3 is 2. The first-order chi connectivity index (χ1) is 14.4. The third-order valence-corrected chi connectivity index (χ3v) is 6.33. The van der Waals surface area contributed by atoms with Crippen molar-refractivity contribution in [3.63, 3.8) is 0 Å². The maximum Gasteiger partial charge on any atom is 0.269 e. The van der Waals surface area contributed by atoms with Crippen molar-refractivity contribution >= 4 is 27.2 Å². The van der Waals surface area contributed by atoms with Crippen LogP contribution in [0.3, 0.4) is 0 Å². The lowest BCUT2D eigenvalue weighted by atomic mass is 10.2. The van der Waals surface area contributed by atoms with Crippen molar-refractivity contribution in [3.05, 3.63) is 78.4 Å². The summed E-state index contributed by atoms with van der Waals surface area (Å²) < 4.78 is 39.3. The van der Waals surface area contributed by atoms with Gasteiger partial charge < -0.3 is 9.47 Å². The highest BCUT2D eigenvalue weighted by molar-refractivity contribution is 7.93. The van der Waals surface area contributed by atoms with Crippen LogP contribution in [0.1, 0.15) is 12.5 Å². The van der Waals surface area contributed by atoms with Gasteiger partial charge in [-0.15, -0.1) is 0 Å². The molecule has 0 radical (unpaired) electrons. The number of aryl methyl sites for hydroxylation is 1. The summed E-state index contributed by atoms with van der Waals surface area (Å²) in [4.78, 5) is 4.73. The smallest absolute Gasteiger partial charge is 0.269 e. The molecule has 3 rings (SSSR count). The van der Waals surface area contributed by atoms with Gasteiger partial charge in [0.25, 0.3) is 10.0 Å². The number of anilines is 1. The summed E-state index contributed by atoms with van der Waals surface area (Å²) in [6, 6.07) is 20.8. The van der Waals surface area contributed by atoms with Gasteiger partial charge in [0.15, 0.2) is 0 Å². The Labute approximate surface area is 177 Å². The van der Waals surface area contributed by atoms with Crippen LogP contribution in [-0.4, -0.2) is 28.5 Å². The van der Waals surface area contributed by atoms with Crippen molar-refractivity contribution in [2.75, 3.05) is 18.5 Å². The lowest BCUT2D eigenvalue weighted by Gasteiger charge is -2.26. The Morgan fingerprint density at radius 1 is 0.833 bits per heavy atom. The van der Waals surface area contributed by atoms with Gasteiger partial charge in [-0.2, -0.15) is 0 Å². The van der Waals surface area contributed by atoms with Crippen LogP contribution >= 0.6 is 0 Å². The van der Waals surface area contributed by atoms with E-state index in [-0.39, 0.29) is 10.7 Å². The van der Waals surface area contributed by atoms with Gasteiger partial charge in [-0.3, -0.25) is 0 Å². The molecule has 0 aliphatic rings. The van der Waals surface area contributed by atoms with E-state index in [9.17, 15) is 8.42 Å². The summed E-state index contributed by atoms with van der Waals surface area (Å²) in [5.41, 5.74) is 1.87. The van der Waals surface area contributed by atoms with Gasteiger partial charge in [0.2, 0.25) is 0 Å². The van der Waals surface area contributed by atoms with E-state index in [0.717, 1.165) is 5.56 Å². The van der Waals surface area contributed by atoms with Gasteiger partial charge >= 0.3 is 0 Å². The normalized spacial score (nSPS) is 11.8. The quantitative estimate of drug-likeness (QED) is 0.414. The zero-order valence-corrected chi connectivity index (χ0v) is 18.2. The lowest BCUT2D eigenvalue weighted by molar-refractivity contribution is 0.416. The fourth-order valence-electron chi connectivity index (χ4n) is 3.03. The van der Waals surface area contributed by atoms with Gasteiger partial charge in [0.05, 0.1) is 19.1 Å². The van der Waals surface area contributed by atoms with E-state index in [2.05, 4.69) is 4.99 Å². The molecule has 0 N–H and O–H groups in total. The second-order valence-corrected chi connectivity index (χ2v) is 8.37. The standard InChI is InChI=1S/C23H24N2O4S/c1-17-13-15-19(16-14-17)30(26,27)25(21-10-6-8-12-23(21)29-4)18(2)24-20-9-5-7-11-22(20)28-3/h5-16H,1-4H3. The predicted molar refractivity (Wildman–Crippen MR) is 120 cm³/mol. The Morgan fingerprint density at radius 3 is 2.03 bits per heavy atom. The highest BCUT2D eigenvalue weighted by atomic mass is 32.2. The van der Waals surface area contributed by atoms with Crippen molar-refractivity contribution in [2.24, 2.45) is 4.99 Å². The SMILES string of the molecule is COc1ccccc1N=C(C)N(c1ccccc1OC)S(=O)(=O)c1ccc(C)cc1. The number of amidine groups is 1. The minimum atomic E-state index is -3.96. The summed E-state index contributed by atoms with van der Waals surface area (Å²) in [5.74, 6) is 1.22. The minimum Gasteiger partial charge on any atom is -0.495 e. The lowest BCUT2D eigenvalue weighted by Crippen LogP contribution is -2.35. The fraction of sp³-hybridized carbons (Fsp3) is 0.174. The molecule has 0 aromatic heterocycles. The highest BCUT2D eigenvalue weighted by Crippen LogP contribution is 2.34. The third-order valence-electron chi connectivity index (χ3n) is 4.52. The summed E-state index contributed by atoms with van der Waals surface area (Å²) in [6.45, 7) is 3.55. The molecule has 3 aromatic carbocycles. The van der Waals surface area contributed by atoms with E-state index in [0.29, 0.717) is 22.9 Å². The van der Waals surface area contributed by atoms with E-state index in [1.54, 1.807) is 74.7 Å². The van der Waals surface area contributed by atoms with Crippen LogP contribution in [0.4, 0.5) is 11.4 Å². The number of hydrogen-bond donors (Lipinski definition) is 0. The van der Waals surface area contributed by atoms with Crippen LogP contribution in [-0.2, 0) is 10.0 Å². The second kappa shape index (κ2) is 9.00. The van der Waals surface area contributed by atoms with Gasteiger partial charge in [-0.1, -0.05) is 42.0 Å². The molecular formula is C23H24N2O4S. The predicted octanol–water partition coefficient (Wildman–Crippen LogP) is 4.96. The van der Waals surface area contributed by atoms with Gasteiger partial charge in [0, 0.05) is 0 Å². The largest absolute Gasteiger partial charge is 0.495 e. The Hall–Kier alpha value is -3.32. The zero-order valence-electron chi connectivity index (χ0n) is 17.4. The Morgan fingerprint density at radius 2 is 1.40 bits per heavy atom. The maximum atomic E-state index is 13.7. The van der Waals surface area contributed by atoms with Crippen LogP contribution in [0.5, 0.6) is 11.5 Å². The van der Waals surface area contributed by atoms with Crippen LogP contribution in [0.15, 0.2) is 82.7 Å². The van der Waals surface area contributed by atoms with Crippen molar-refractivity contribution in [3.8, 4) is 11.5 Å². The average Bonchev–Trinajstić information content (AvgIpc) is 2.74. The molecule has 0 fully saturated rings. The summed E-state index contributed by atoms with van der Waals surface area (Å²) in [6.07, 6.45) is 0. The number of ether oxygens (including phenoxy) is 2. The first kappa shape index (κ1) is 21.4. The molecular weight excluding hydrogens is 400 g/mol. The Bertz CT molecular complexity index is 1160. The van der Waals surface area contributed by atoms with Crippen LogP contribution in [0, 0.1) is 6.92 Å². The first-order valence-electron chi connectivity index (χ1n) is 9.32. The molecule has 0 atom stereocenters. The first-order valence-corrected chi connectivity index (χ1v) is 10.8. The molecule has 0 unspecified atom stereocenters. The molecule has 0 amide bonds. The summed E-state index contributed by atoms with van der Waals surface area (Å²) in [7, 11) is -0.912. The van der Waals surface area contributed by atoms with Gasteiger partial charge in [0.1, 0.15) is 28.7 Å².